The summed E-state index contributed by atoms with van der Waals surface area (Å²) in [7, 11) is 1.66. The van der Waals surface area contributed by atoms with E-state index in [1.54, 1.807) is 13.2 Å². The molecule has 0 radical (unpaired) electrons. The Morgan fingerprint density at radius 3 is 2.60 bits per heavy atom. The number of halogens is 1. The number of hydrogen-bond donors (Lipinski definition) is 4. The SMILES string of the molecule is COc1ccc2[nH]cc(CCN=C(NC(=S)Nc3ccccc3Cl)Nc3nc(C)cc(C)n3)c2c1. The predicted molar refractivity (Wildman–Crippen MR) is 147 cm³/mol. The highest BCUT2D eigenvalue weighted by atomic mass is 35.5. The zero-order chi connectivity index (χ0) is 24.8. The van der Waals surface area contributed by atoms with Crippen LogP contribution in [-0.4, -0.2) is 39.7 Å². The normalized spacial score (nSPS) is 11.4. The molecule has 0 atom stereocenters. The van der Waals surface area contributed by atoms with E-state index >= 15 is 0 Å². The number of aromatic amines is 1. The van der Waals surface area contributed by atoms with Gasteiger partial charge in [-0.1, -0.05) is 23.7 Å². The lowest BCUT2D eigenvalue weighted by Crippen LogP contribution is -2.39. The molecule has 0 amide bonds. The average molecular weight is 508 g/mol. The zero-order valence-electron chi connectivity index (χ0n) is 19.6. The number of nitrogens with one attached hydrogen (secondary N) is 4. The number of anilines is 2. The van der Waals surface area contributed by atoms with Crippen molar-refractivity contribution in [3.8, 4) is 5.75 Å². The molecule has 4 N–H and O–H groups in total. The Morgan fingerprint density at radius 2 is 1.86 bits per heavy atom. The van der Waals surface area contributed by atoms with Gasteiger partial charge in [-0.3, -0.25) is 10.3 Å². The first-order chi connectivity index (χ1) is 16.9. The summed E-state index contributed by atoms with van der Waals surface area (Å²) in [6, 6.07) is 15.2. The maximum atomic E-state index is 6.25. The number of nitrogens with zero attached hydrogens (tertiary/aromatic N) is 3. The molecule has 180 valence electrons. The molecule has 0 saturated heterocycles. The average Bonchev–Trinajstić information content (AvgIpc) is 3.22. The van der Waals surface area contributed by atoms with Gasteiger partial charge in [-0.15, -0.1) is 0 Å². The number of benzene rings is 2. The number of guanidine groups is 1. The quantitative estimate of drug-likeness (QED) is 0.161. The lowest BCUT2D eigenvalue weighted by atomic mass is 10.1. The number of fused-ring (bicyclic) bond motifs is 1. The van der Waals surface area contributed by atoms with E-state index < -0.39 is 0 Å². The van der Waals surface area contributed by atoms with Gasteiger partial charge < -0.3 is 20.4 Å². The predicted octanol–water partition coefficient (Wildman–Crippen LogP) is 5.23. The minimum Gasteiger partial charge on any atom is -0.497 e. The minimum atomic E-state index is 0.338. The standard InChI is InChI=1S/C25H26ClN7OS/c1-15-12-16(2)30-24(29-15)32-23(33-25(35)31-22-7-5-4-6-20(22)26)27-11-10-17-14-28-21-9-8-18(34-3)13-19(17)21/h4-9,12-14,28H,10-11H2,1-3H3,(H3,27,29,30,31,32,33,35). The van der Waals surface area contributed by atoms with Crippen LogP contribution in [0.1, 0.15) is 17.0 Å². The van der Waals surface area contributed by atoms with Crippen LogP contribution in [0.3, 0.4) is 0 Å². The molecule has 2 aromatic carbocycles. The number of hydrogen-bond acceptors (Lipinski definition) is 5. The Kier molecular flexibility index (Phi) is 7.79. The van der Waals surface area contributed by atoms with Gasteiger partial charge >= 0.3 is 0 Å². The molecule has 35 heavy (non-hydrogen) atoms. The van der Waals surface area contributed by atoms with Gasteiger partial charge in [-0.25, -0.2) is 9.97 Å². The molecule has 0 spiro atoms. The molecule has 0 fully saturated rings. The van der Waals surface area contributed by atoms with Crippen LogP contribution < -0.4 is 20.7 Å². The molecule has 4 aromatic rings. The van der Waals surface area contributed by atoms with E-state index in [9.17, 15) is 0 Å². The molecule has 0 aliphatic rings. The van der Waals surface area contributed by atoms with Crippen molar-refractivity contribution in [2.75, 3.05) is 24.3 Å². The van der Waals surface area contributed by atoms with Crippen LogP contribution >= 0.6 is 23.8 Å². The Morgan fingerprint density at radius 1 is 1.09 bits per heavy atom. The Bertz CT molecular complexity index is 1370. The number of ether oxygens (including phenoxy) is 1. The summed E-state index contributed by atoms with van der Waals surface area (Å²) in [5, 5.41) is 11.4. The highest BCUT2D eigenvalue weighted by molar-refractivity contribution is 7.80. The maximum absolute atomic E-state index is 6.25. The summed E-state index contributed by atoms with van der Waals surface area (Å²) in [6.45, 7) is 4.33. The molecule has 4 rings (SSSR count). The first kappa shape index (κ1) is 24.4. The van der Waals surface area contributed by atoms with Crippen molar-refractivity contribution >= 4 is 57.4 Å². The molecule has 2 aromatic heterocycles. The summed E-state index contributed by atoms with van der Waals surface area (Å²) >= 11 is 11.8. The van der Waals surface area contributed by atoms with Gasteiger partial charge in [0.25, 0.3) is 0 Å². The van der Waals surface area contributed by atoms with E-state index in [0.29, 0.717) is 40.7 Å². The second-order valence-electron chi connectivity index (χ2n) is 7.86. The van der Waals surface area contributed by atoms with Crippen LogP contribution in [0.2, 0.25) is 5.02 Å². The van der Waals surface area contributed by atoms with Crippen molar-refractivity contribution in [3.63, 3.8) is 0 Å². The van der Waals surface area contributed by atoms with Crippen LogP contribution in [-0.2, 0) is 6.42 Å². The fraction of sp³-hybridized carbons (Fsp3) is 0.200. The van der Waals surface area contributed by atoms with E-state index in [4.69, 9.17) is 33.5 Å². The lowest BCUT2D eigenvalue weighted by Gasteiger charge is -2.15. The van der Waals surface area contributed by atoms with Crippen LogP contribution in [0.5, 0.6) is 5.75 Å². The Balaban J connectivity index is 1.52. The molecule has 0 aliphatic carbocycles. The molecule has 0 saturated carbocycles. The fourth-order valence-corrected chi connectivity index (χ4v) is 3.99. The van der Waals surface area contributed by atoms with Crippen LogP contribution in [0.25, 0.3) is 10.9 Å². The second-order valence-corrected chi connectivity index (χ2v) is 8.68. The number of H-pyrrole nitrogens is 1. The van der Waals surface area contributed by atoms with Crippen molar-refractivity contribution in [3.05, 3.63) is 76.7 Å². The Labute approximate surface area is 214 Å². The smallest absolute Gasteiger partial charge is 0.229 e. The molecule has 0 bridgehead atoms. The topological polar surface area (TPSA) is 99.2 Å². The maximum Gasteiger partial charge on any atom is 0.229 e. The van der Waals surface area contributed by atoms with Crippen molar-refractivity contribution in [1.82, 2.24) is 20.3 Å². The number of aromatic nitrogens is 3. The van der Waals surface area contributed by atoms with Crippen molar-refractivity contribution < 1.29 is 4.74 Å². The molecule has 2 heterocycles. The van der Waals surface area contributed by atoms with E-state index in [1.807, 2.05) is 62.5 Å². The van der Waals surface area contributed by atoms with Crippen molar-refractivity contribution in [2.45, 2.75) is 20.3 Å². The number of aryl methyl sites for hydroxylation is 2. The van der Waals surface area contributed by atoms with Gasteiger partial charge in [-0.05, 0) is 74.4 Å². The monoisotopic (exact) mass is 507 g/mol. The van der Waals surface area contributed by atoms with Crippen LogP contribution in [0.15, 0.2) is 59.7 Å². The third-order valence-electron chi connectivity index (χ3n) is 5.19. The van der Waals surface area contributed by atoms with Crippen LogP contribution in [0.4, 0.5) is 11.6 Å². The molecule has 0 aliphatic heterocycles. The van der Waals surface area contributed by atoms with Gasteiger partial charge in [0.05, 0.1) is 17.8 Å². The Hall–Kier alpha value is -3.69. The summed E-state index contributed by atoms with van der Waals surface area (Å²) < 4.78 is 5.37. The summed E-state index contributed by atoms with van der Waals surface area (Å²) in [6.07, 6.45) is 2.70. The summed E-state index contributed by atoms with van der Waals surface area (Å²) in [4.78, 5) is 16.9. The number of thiocarbonyl (C=S) groups is 1. The van der Waals surface area contributed by atoms with E-state index in [0.717, 1.165) is 33.6 Å². The van der Waals surface area contributed by atoms with Crippen LogP contribution in [0, 0.1) is 13.8 Å². The minimum absolute atomic E-state index is 0.338. The van der Waals surface area contributed by atoms with Gasteiger partial charge in [0.2, 0.25) is 11.9 Å². The molecule has 0 unspecified atom stereocenters. The van der Waals surface area contributed by atoms with E-state index in [1.165, 1.54) is 0 Å². The molecular weight excluding hydrogens is 482 g/mol. The van der Waals surface area contributed by atoms with Gasteiger partial charge in [-0.2, -0.15) is 0 Å². The third-order valence-corrected chi connectivity index (χ3v) is 5.73. The highest BCUT2D eigenvalue weighted by Crippen LogP contribution is 2.24. The molecular formula is C25H26ClN7OS. The van der Waals surface area contributed by atoms with E-state index in [-0.39, 0.29) is 0 Å². The number of rotatable bonds is 6. The van der Waals surface area contributed by atoms with Crippen molar-refractivity contribution in [1.29, 1.82) is 0 Å². The largest absolute Gasteiger partial charge is 0.497 e. The number of aliphatic imine (C=N–C) groups is 1. The summed E-state index contributed by atoms with van der Waals surface area (Å²) in [5.41, 5.74) is 4.59. The molecule has 10 heteroatoms. The lowest BCUT2D eigenvalue weighted by molar-refractivity contribution is 0.415. The zero-order valence-corrected chi connectivity index (χ0v) is 21.2. The highest BCUT2D eigenvalue weighted by Gasteiger charge is 2.10. The third kappa shape index (κ3) is 6.46. The number of methoxy groups -OCH3 is 1. The first-order valence-corrected chi connectivity index (χ1v) is 11.8. The van der Waals surface area contributed by atoms with E-state index in [2.05, 4.69) is 30.9 Å². The summed E-state index contributed by atoms with van der Waals surface area (Å²) in [5.74, 6) is 1.68. The number of para-hydroxylation sites is 1. The second kappa shape index (κ2) is 11.2. The van der Waals surface area contributed by atoms with Crippen molar-refractivity contribution in [2.24, 2.45) is 4.99 Å². The van der Waals surface area contributed by atoms with Gasteiger partial charge in [0.15, 0.2) is 5.11 Å². The van der Waals surface area contributed by atoms with Gasteiger partial charge in [0, 0.05) is 35.0 Å². The molecule has 8 nitrogen and oxygen atoms in total. The fourth-order valence-electron chi connectivity index (χ4n) is 3.60. The van der Waals surface area contributed by atoms with Gasteiger partial charge in [0.1, 0.15) is 5.75 Å². The first-order valence-electron chi connectivity index (χ1n) is 11.0.